The number of esters is 1. The number of furan rings is 1. The number of fused-ring (bicyclic) bond motifs is 1. The van der Waals surface area contributed by atoms with Gasteiger partial charge in [0.25, 0.3) is 5.91 Å². The molecule has 0 aliphatic carbocycles. The highest BCUT2D eigenvalue weighted by Crippen LogP contribution is 2.26. The van der Waals surface area contributed by atoms with Crippen LogP contribution in [0, 0.1) is 0 Å². The zero-order chi connectivity index (χ0) is 21.8. The summed E-state index contributed by atoms with van der Waals surface area (Å²) in [6.07, 6.45) is 1.53. The summed E-state index contributed by atoms with van der Waals surface area (Å²) in [5.41, 5.74) is 2.11. The number of amides is 1. The number of aromatic nitrogens is 1. The third-order valence-electron chi connectivity index (χ3n) is 4.54. The largest absolute Gasteiger partial charge is 0.463 e. The first-order valence-corrected chi connectivity index (χ1v) is 10.1. The number of nitrogens with zero attached hydrogens (tertiary/aromatic N) is 1. The van der Waals surface area contributed by atoms with E-state index in [1.807, 2.05) is 6.07 Å². The maximum Gasteiger partial charge on any atom is 0.339 e. The summed E-state index contributed by atoms with van der Waals surface area (Å²) in [6, 6.07) is 17.3. The number of halogens is 2. The molecule has 0 spiro atoms. The van der Waals surface area contributed by atoms with Crippen LogP contribution in [0.25, 0.3) is 22.4 Å². The molecule has 0 fully saturated rings. The SMILES string of the molecule is O=C(COC(=O)c1cc(-c2ccco2)nc2ccccc12)NCc1ccc(Cl)cc1Cl. The molecule has 0 bridgehead atoms. The zero-order valence-corrected chi connectivity index (χ0v) is 17.6. The van der Waals surface area contributed by atoms with Crippen LogP contribution in [0.4, 0.5) is 0 Å². The topological polar surface area (TPSA) is 81.4 Å². The van der Waals surface area contributed by atoms with Crippen molar-refractivity contribution in [2.24, 2.45) is 0 Å². The Morgan fingerprint density at radius 3 is 2.65 bits per heavy atom. The standard InChI is InChI=1S/C23H16Cl2N2O4/c24-15-8-7-14(18(25)10-15)12-26-22(28)13-31-23(29)17-11-20(21-6-3-9-30-21)27-19-5-2-1-4-16(17)19/h1-11H,12-13H2,(H,26,28). The van der Waals surface area contributed by atoms with Gasteiger partial charge in [0.2, 0.25) is 0 Å². The Hall–Kier alpha value is -3.35. The van der Waals surface area contributed by atoms with E-state index in [-0.39, 0.29) is 6.54 Å². The van der Waals surface area contributed by atoms with Gasteiger partial charge in [-0.05, 0) is 42.0 Å². The fourth-order valence-electron chi connectivity index (χ4n) is 3.01. The van der Waals surface area contributed by atoms with Gasteiger partial charge in [0.1, 0.15) is 5.69 Å². The van der Waals surface area contributed by atoms with E-state index >= 15 is 0 Å². The molecule has 31 heavy (non-hydrogen) atoms. The van der Waals surface area contributed by atoms with Gasteiger partial charge in [-0.3, -0.25) is 4.79 Å². The highest BCUT2D eigenvalue weighted by Gasteiger charge is 2.17. The van der Waals surface area contributed by atoms with Gasteiger partial charge in [-0.25, -0.2) is 9.78 Å². The molecule has 1 amide bonds. The first kappa shape index (κ1) is 20.9. The zero-order valence-electron chi connectivity index (χ0n) is 16.1. The van der Waals surface area contributed by atoms with E-state index in [9.17, 15) is 9.59 Å². The molecule has 2 aromatic carbocycles. The van der Waals surface area contributed by atoms with Crippen molar-refractivity contribution in [1.82, 2.24) is 10.3 Å². The van der Waals surface area contributed by atoms with Gasteiger partial charge in [-0.15, -0.1) is 0 Å². The fraction of sp³-hybridized carbons (Fsp3) is 0.0870. The van der Waals surface area contributed by atoms with E-state index in [1.54, 1.807) is 54.6 Å². The number of pyridine rings is 1. The molecule has 0 aliphatic heterocycles. The third kappa shape index (κ3) is 4.87. The summed E-state index contributed by atoms with van der Waals surface area (Å²) < 4.78 is 10.6. The van der Waals surface area contributed by atoms with Crippen molar-refractivity contribution < 1.29 is 18.7 Å². The Morgan fingerprint density at radius 2 is 1.87 bits per heavy atom. The average Bonchev–Trinajstić information content (AvgIpc) is 3.31. The molecule has 0 radical (unpaired) electrons. The van der Waals surface area contributed by atoms with Gasteiger partial charge >= 0.3 is 5.97 Å². The van der Waals surface area contributed by atoms with Crippen molar-refractivity contribution >= 4 is 46.0 Å². The van der Waals surface area contributed by atoms with Crippen LogP contribution in [0.1, 0.15) is 15.9 Å². The second-order valence-corrected chi connectivity index (χ2v) is 7.48. The first-order valence-electron chi connectivity index (χ1n) is 9.32. The second kappa shape index (κ2) is 9.20. The Bertz CT molecular complexity index is 1260. The lowest BCUT2D eigenvalue weighted by atomic mass is 10.1. The minimum absolute atomic E-state index is 0.188. The first-order chi connectivity index (χ1) is 15.0. The lowest BCUT2D eigenvalue weighted by Crippen LogP contribution is -2.28. The number of hydrogen-bond donors (Lipinski definition) is 1. The molecule has 8 heteroatoms. The minimum Gasteiger partial charge on any atom is -0.463 e. The number of carbonyl (C=O) groups is 2. The minimum atomic E-state index is -0.633. The van der Waals surface area contributed by atoms with Crippen LogP contribution in [-0.4, -0.2) is 23.5 Å². The van der Waals surface area contributed by atoms with Crippen molar-refractivity contribution in [3.05, 3.63) is 88.1 Å². The van der Waals surface area contributed by atoms with Gasteiger partial charge in [0.15, 0.2) is 12.4 Å². The Balaban J connectivity index is 1.46. The molecule has 0 saturated heterocycles. The van der Waals surface area contributed by atoms with E-state index in [4.69, 9.17) is 32.4 Å². The van der Waals surface area contributed by atoms with E-state index in [0.29, 0.717) is 43.5 Å². The molecule has 2 heterocycles. The van der Waals surface area contributed by atoms with Gasteiger partial charge in [0.05, 0.1) is 17.3 Å². The Kier molecular flexibility index (Phi) is 6.21. The molecular formula is C23H16Cl2N2O4. The lowest BCUT2D eigenvalue weighted by Gasteiger charge is -2.10. The molecular weight excluding hydrogens is 439 g/mol. The molecule has 2 aromatic heterocycles. The summed E-state index contributed by atoms with van der Waals surface area (Å²) in [6.45, 7) is -0.246. The molecule has 1 N–H and O–H groups in total. The summed E-state index contributed by atoms with van der Waals surface area (Å²) in [5.74, 6) is -0.563. The van der Waals surface area contributed by atoms with E-state index in [2.05, 4.69) is 10.3 Å². The highest BCUT2D eigenvalue weighted by atomic mass is 35.5. The van der Waals surface area contributed by atoms with Crippen molar-refractivity contribution in [2.75, 3.05) is 6.61 Å². The fourth-order valence-corrected chi connectivity index (χ4v) is 3.49. The lowest BCUT2D eigenvalue weighted by molar-refractivity contribution is -0.124. The Labute approximate surface area is 187 Å². The number of benzene rings is 2. The number of rotatable bonds is 6. The third-order valence-corrected chi connectivity index (χ3v) is 5.12. The summed E-state index contributed by atoms with van der Waals surface area (Å²) in [4.78, 5) is 29.4. The van der Waals surface area contributed by atoms with Crippen molar-refractivity contribution in [1.29, 1.82) is 0 Å². The van der Waals surface area contributed by atoms with Gasteiger partial charge in [-0.2, -0.15) is 0 Å². The van der Waals surface area contributed by atoms with E-state index in [0.717, 1.165) is 0 Å². The van der Waals surface area contributed by atoms with Crippen LogP contribution in [-0.2, 0) is 16.1 Å². The highest BCUT2D eigenvalue weighted by molar-refractivity contribution is 6.35. The molecule has 156 valence electrons. The summed E-state index contributed by atoms with van der Waals surface area (Å²) in [7, 11) is 0. The van der Waals surface area contributed by atoms with Gasteiger partial charge < -0.3 is 14.5 Å². The van der Waals surface area contributed by atoms with Crippen LogP contribution in [0.5, 0.6) is 0 Å². The number of carbonyl (C=O) groups excluding carboxylic acids is 2. The van der Waals surface area contributed by atoms with Crippen LogP contribution in [0.3, 0.4) is 0 Å². The molecule has 6 nitrogen and oxygen atoms in total. The average molecular weight is 455 g/mol. The van der Waals surface area contributed by atoms with Gasteiger partial charge in [0, 0.05) is 22.0 Å². The maximum absolute atomic E-state index is 12.8. The quantitative estimate of drug-likeness (QED) is 0.401. The maximum atomic E-state index is 12.8. The molecule has 0 saturated carbocycles. The summed E-state index contributed by atoms with van der Waals surface area (Å²) in [5, 5.41) is 4.24. The van der Waals surface area contributed by atoms with Crippen LogP contribution in [0.2, 0.25) is 10.0 Å². The number of nitrogens with one attached hydrogen (secondary N) is 1. The smallest absolute Gasteiger partial charge is 0.339 e. The van der Waals surface area contributed by atoms with Crippen LogP contribution in [0.15, 0.2) is 71.3 Å². The van der Waals surface area contributed by atoms with E-state index < -0.39 is 18.5 Å². The molecule has 0 atom stereocenters. The second-order valence-electron chi connectivity index (χ2n) is 6.64. The molecule has 4 rings (SSSR count). The number of ether oxygens (including phenoxy) is 1. The molecule has 0 unspecified atom stereocenters. The summed E-state index contributed by atoms with van der Waals surface area (Å²) >= 11 is 12.0. The predicted octanol–water partition coefficient (Wildman–Crippen LogP) is 5.27. The Morgan fingerprint density at radius 1 is 1.03 bits per heavy atom. The van der Waals surface area contributed by atoms with Crippen molar-refractivity contribution in [3.8, 4) is 11.5 Å². The van der Waals surface area contributed by atoms with Crippen LogP contribution < -0.4 is 5.32 Å². The molecule has 0 aliphatic rings. The number of hydrogen-bond acceptors (Lipinski definition) is 5. The van der Waals surface area contributed by atoms with Gasteiger partial charge in [-0.1, -0.05) is 47.5 Å². The molecule has 4 aromatic rings. The van der Waals surface area contributed by atoms with Crippen molar-refractivity contribution in [2.45, 2.75) is 6.54 Å². The predicted molar refractivity (Wildman–Crippen MR) is 118 cm³/mol. The van der Waals surface area contributed by atoms with Crippen LogP contribution >= 0.6 is 23.2 Å². The normalized spacial score (nSPS) is 10.8. The van der Waals surface area contributed by atoms with E-state index in [1.165, 1.54) is 6.26 Å². The monoisotopic (exact) mass is 454 g/mol. The van der Waals surface area contributed by atoms with Crippen molar-refractivity contribution in [3.63, 3.8) is 0 Å². The number of para-hydroxylation sites is 1.